The first-order valence-electron chi connectivity index (χ1n) is 5.81. The maximum Gasteiger partial charge on any atom is 0.269 e. The Balaban J connectivity index is 2.19. The number of rotatable bonds is 4. The molecule has 0 saturated heterocycles. The van der Waals surface area contributed by atoms with Crippen molar-refractivity contribution in [1.82, 2.24) is 0 Å². The molecule has 0 aliphatic rings. The molecule has 0 spiro atoms. The zero-order chi connectivity index (χ0) is 13.8. The van der Waals surface area contributed by atoms with Crippen LogP contribution in [-0.2, 0) is 6.42 Å². The molecule has 5 heteroatoms. The van der Waals surface area contributed by atoms with Crippen molar-refractivity contribution in [2.75, 3.05) is 0 Å². The summed E-state index contributed by atoms with van der Waals surface area (Å²) in [5, 5.41) is 10.5. The third-order valence-corrected chi connectivity index (χ3v) is 3.74. The number of nitrogens with zero attached hydrogens (tertiary/aromatic N) is 1. The second kappa shape index (κ2) is 5.84. The van der Waals surface area contributed by atoms with Gasteiger partial charge in [-0.15, -0.1) is 0 Å². The van der Waals surface area contributed by atoms with Crippen molar-refractivity contribution in [3.63, 3.8) is 0 Å². The molecular weight excluding hydrogens is 265 g/mol. The van der Waals surface area contributed by atoms with Crippen LogP contribution in [0.25, 0.3) is 0 Å². The number of hydrogen-bond donors (Lipinski definition) is 0. The van der Waals surface area contributed by atoms with Crippen LogP contribution < -0.4 is 0 Å². The molecule has 0 N–H and O–H groups in total. The van der Waals surface area contributed by atoms with Crippen molar-refractivity contribution < 1.29 is 9.31 Å². The van der Waals surface area contributed by atoms with E-state index in [1.807, 2.05) is 13.0 Å². The first-order chi connectivity index (χ1) is 9.10. The van der Waals surface area contributed by atoms with E-state index in [4.69, 9.17) is 0 Å². The van der Waals surface area contributed by atoms with E-state index in [1.54, 1.807) is 18.2 Å². The van der Waals surface area contributed by atoms with Crippen LogP contribution in [0.3, 0.4) is 0 Å². The lowest BCUT2D eigenvalue weighted by molar-refractivity contribution is -0.384. The molecule has 0 aliphatic heterocycles. The fourth-order valence-corrected chi connectivity index (χ4v) is 2.43. The number of hydrogen-bond acceptors (Lipinski definition) is 3. The SMILES string of the molecule is CCc1ccc(Sc2ccc([N+](=O)[O-])cc2)c(F)c1. The van der Waals surface area contributed by atoms with Crippen molar-refractivity contribution >= 4 is 17.4 Å². The Hall–Kier alpha value is -1.88. The number of benzene rings is 2. The first kappa shape index (κ1) is 13.5. The predicted molar refractivity (Wildman–Crippen MR) is 73.0 cm³/mol. The van der Waals surface area contributed by atoms with Gasteiger partial charge in [0, 0.05) is 21.9 Å². The summed E-state index contributed by atoms with van der Waals surface area (Å²) in [7, 11) is 0. The number of nitro benzene ring substituents is 1. The van der Waals surface area contributed by atoms with E-state index in [1.165, 1.54) is 30.0 Å². The maximum absolute atomic E-state index is 13.8. The smallest absolute Gasteiger partial charge is 0.258 e. The van der Waals surface area contributed by atoms with Crippen molar-refractivity contribution in [3.8, 4) is 0 Å². The van der Waals surface area contributed by atoms with Crippen molar-refractivity contribution in [2.45, 2.75) is 23.1 Å². The van der Waals surface area contributed by atoms with Crippen LogP contribution in [0.2, 0.25) is 0 Å². The van der Waals surface area contributed by atoms with Gasteiger partial charge < -0.3 is 0 Å². The summed E-state index contributed by atoms with van der Waals surface area (Å²) in [5.41, 5.74) is 0.983. The molecular formula is C14H12FNO2S. The molecule has 0 radical (unpaired) electrons. The lowest BCUT2D eigenvalue weighted by Crippen LogP contribution is -1.88. The van der Waals surface area contributed by atoms with E-state index < -0.39 is 4.92 Å². The van der Waals surface area contributed by atoms with Crippen LogP contribution in [-0.4, -0.2) is 4.92 Å². The summed E-state index contributed by atoms with van der Waals surface area (Å²) in [6, 6.07) is 11.2. The lowest BCUT2D eigenvalue weighted by atomic mass is 10.2. The highest BCUT2D eigenvalue weighted by Gasteiger charge is 2.08. The van der Waals surface area contributed by atoms with E-state index in [-0.39, 0.29) is 11.5 Å². The maximum atomic E-state index is 13.8. The molecule has 0 aliphatic carbocycles. The fraction of sp³-hybridized carbons (Fsp3) is 0.143. The van der Waals surface area contributed by atoms with Crippen LogP contribution in [0.1, 0.15) is 12.5 Å². The van der Waals surface area contributed by atoms with Crippen LogP contribution in [0.15, 0.2) is 52.3 Å². The average molecular weight is 277 g/mol. The zero-order valence-electron chi connectivity index (χ0n) is 10.3. The topological polar surface area (TPSA) is 43.1 Å². The van der Waals surface area contributed by atoms with Gasteiger partial charge in [0.1, 0.15) is 5.82 Å². The van der Waals surface area contributed by atoms with Gasteiger partial charge in [-0.05, 0) is 36.2 Å². The molecule has 0 aromatic heterocycles. The standard InChI is InChI=1S/C14H12FNO2S/c1-2-10-3-8-14(13(15)9-10)19-12-6-4-11(5-7-12)16(17)18/h3-9H,2H2,1H3. The molecule has 0 unspecified atom stereocenters. The minimum atomic E-state index is -0.453. The minimum absolute atomic E-state index is 0.0335. The highest BCUT2D eigenvalue weighted by atomic mass is 32.2. The van der Waals surface area contributed by atoms with Crippen LogP contribution >= 0.6 is 11.8 Å². The Bertz CT molecular complexity index is 599. The van der Waals surface area contributed by atoms with E-state index in [2.05, 4.69) is 0 Å². The van der Waals surface area contributed by atoms with Crippen molar-refractivity contribution in [1.29, 1.82) is 0 Å². The quantitative estimate of drug-likeness (QED) is 0.612. The minimum Gasteiger partial charge on any atom is -0.258 e. The summed E-state index contributed by atoms with van der Waals surface area (Å²) in [6.45, 7) is 1.97. The summed E-state index contributed by atoms with van der Waals surface area (Å²) in [6.07, 6.45) is 0.791. The summed E-state index contributed by atoms with van der Waals surface area (Å²) >= 11 is 1.26. The first-order valence-corrected chi connectivity index (χ1v) is 6.62. The second-order valence-electron chi connectivity index (χ2n) is 3.97. The van der Waals surface area contributed by atoms with Crippen molar-refractivity contribution in [2.24, 2.45) is 0 Å². The van der Waals surface area contributed by atoms with Gasteiger partial charge in [0.15, 0.2) is 0 Å². The molecule has 0 fully saturated rings. The van der Waals surface area contributed by atoms with Gasteiger partial charge in [-0.1, -0.05) is 24.8 Å². The zero-order valence-corrected chi connectivity index (χ0v) is 11.1. The monoisotopic (exact) mass is 277 g/mol. The molecule has 98 valence electrons. The summed E-state index contributed by atoms with van der Waals surface area (Å²) < 4.78 is 13.8. The molecule has 0 heterocycles. The lowest BCUT2D eigenvalue weighted by Gasteiger charge is -2.05. The molecule has 0 atom stereocenters. The number of non-ortho nitro benzene ring substituents is 1. The van der Waals surface area contributed by atoms with Crippen LogP contribution in [0.5, 0.6) is 0 Å². The average Bonchev–Trinajstić information content (AvgIpc) is 2.41. The third kappa shape index (κ3) is 3.32. The Kier molecular flexibility index (Phi) is 4.16. The van der Waals surface area contributed by atoms with Gasteiger partial charge in [-0.2, -0.15) is 0 Å². The Morgan fingerprint density at radius 3 is 2.42 bits per heavy atom. The Labute approximate surface area is 114 Å². The highest BCUT2D eigenvalue weighted by Crippen LogP contribution is 2.31. The Morgan fingerprint density at radius 1 is 1.21 bits per heavy atom. The number of halogens is 1. The van der Waals surface area contributed by atoms with E-state index in [0.717, 1.165) is 16.9 Å². The van der Waals surface area contributed by atoms with Gasteiger partial charge in [0.25, 0.3) is 5.69 Å². The van der Waals surface area contributed by atoms with Gasteiger partial charge in [-0.25, -0.2) is 4.39 Å². The molecule has 2 rings (SSSR count). The summed E-state index contributed by atoms with van der Waals surface area (Å²) in [4.78, 5) is 11.4. The Morgan fingerprint density at radius 2 is 1.89 bits per heavy atom. The van der Waals surface area contributed by atoms with E-state index in [0.29, 0.717) is 4.90 Å². The fourth-order valence-electron chi connectivity index (χ4n) is 1.61. The third-order valence-electron chi connectivity index (χ3n) is 2.68. The van der Waals surface area contributed by atoms with Crippen LogP contribution in [0.4, 0.5) is 10.1 Å². The molecule has 0 bridgehead atoms. The largest absolute Gasteiger partial charge is 0.269 e. The molecule has 2 aromatic rings. The molecule has 2 aromatic carbocycles. The molecule has 0 amide bonds. The predicted octanol–water partition coefficient (Wildman–Crippen LogP) is 4.45. The normalized spacial score (nSPS) is 10.4. The van der Waals surface area contributed by atoms with Gasteiger partial charge in [0.2, 0.25) is 0 Å². The van der Waals surface area contributed by atoms with Gasteiger partial charge in [0.05, 0.1) is 4.92 Å². The van der Waals surface area contributed by atoms with Gasteiger partial charge >= 0.3 is 0 Å². The highest BCUT2D eigenvalue weighted by molar-refractivity contribution is 7.99. The number of nitro groups is 1. The van der Waals surface area contributed by atoms with Gasteiger partial charge in [-0.3, -0.25) is 10.1 Å². The number of aryl methyl sites for hydroxylation is 1. The van der Waals surface area contributed by atoms with E-state index in [9.17, 15) is 14.5 Å². The summed E-state index contributed by atoms with van der Waals surface area (Å²) in [5.74, 6) is -0.261. The van der Waals surface area contributed by atoms with Crippen molar-refractivity contribution in [3.05, 3.63) is 64.0 Å². The van der Waals surface area contributed by atoms with Crippen LogP contribution in [0, 0.1) is 15.9 Å². The van der Waals surface area contributed by atoms with E-state index >= 15 is 0 Å². The molecule has 19 heavy (non-hydrogen) atoms. The second-order valence-corrected chi connectivity index (χ2v) is 5.09. The molecule has 0 saturated carbocycles. The molecule has 3 nitrogen and oxygen atoms in total.